The Morgan fingerprint density at radius 2 is 1.92 bits per heavy atom. The van der Waals surface area contributed by atoms with E-state index in [-0.39, 0.29) is 6.10 Å². The van der Waals surface area contributed by atoms with Crippen LogP contribution in [0.3, 0.4) is 0 Å². The van der Waals surface area contributed by atoms with E-state index in [4.69, 9.17) is 9.84 Å². The van der Waals surface area contributed by atoms with Gasteiger partial charge in [0, 0.05) is 6.61 Å². The number of hydrogen-bond donors (Lipinski definition) is 1. The molecule has 1 heterocycles. The molecule has 1 fully saturated rings. The van der Waals surface area contributed by atoms with Crippen molar-refractivity contribution < 1.29 is 9.84 Å². The Morgan fingerprint density at radius 3 is 2.00 bits per heavy atom. The highest BCUT2D eigenvalue weighted by Crippen LogP contribution is 2.09. The quantitative estimate of drug-likeness (QED) is 0.689. The molecule has 1 rings (SSSR count). The Bertz CT molecular complexity index is 76.2. The molecule has 1 saturated heterocycles. The molecule has 2 unspecified atom stereocenters. The van der Waals surface area contributed by atoms with Crippen LogP contribution in [0.1, 0.15) is 53.9 Å². The van der Waals surface area contributed by atoms with Gasteiger partial charge in [-0.1, -0.05) is 20.8 Å². The van der Waals surface area contributed by atoms with Crippen molar-refractivity contribution in [2.24, 2.45) is 0 Å². The zero-order valence-corrected chi connectivity index (χ0v) is 9.84. The third-order valence-electron chi connectivity index (χ3n) is 1.75. The van der Waals surface area contributed by atoms with E-state index >= 15 is 0 Å². The van der Waals surface area contributed by atoms with Crippen LogP contribution in [0.5, 0.6) is 0 Å². The van der Waals surface area contributed by atoms with Crippen LogP contribution in [0.25, 0.3) is 0 Å². The lowest BCUT2D eigenvalue weighted by Gasteiger charge is -1.94. The first-order chi connectivity index (χ1) is 6.16. The SMILES string of the molecule is CC.CC1CCCO1.CCC(C)O. The maximum absolute atomic E-state index is 8.36. The van der Waals surface area contributed by atoms with Gasteiger partial charge < -0.3 is 9.84 Å². The molecule has 0 spiro atoms. The highest BCUT2D eigenvalue weighted by molar-refractivity contribution is 4.56. The standard InChI is InChI=1S/C5H10O.C4H10O.C2H6/c1-5-3-2-4-6-5;1-3-4(2)5;1-2/h5H,2-4H2,1H3;4-5H,3H2,1-2H3;1-2H3. The van der Waals surface area contributed by atoms with Gasteiger partial charge in [0.25, 0.3) is 0 Å². The van der Waals surface area contributed by atoms with Gasteiger partial charge in [0.05, 0.1) is 12.2 Å². The molecule has 1 aliphatic heterocycles. The monoisotopic (exact) mass is 190 g/mol. The van der Waals surface area contributed by atoms with Gasteiger partial charge in [-0.05, 0) is 33.1 Å². The molecule has 0 saturated carbocycles. The predicted octanol–water partition coefficient (Wildman–Crippen LogP) is 2.99. The van der Waals surface area contributed by atoms with E-state index in [1.165, 1.54) is 12.8 Å². The highest BCUT2D eigenvalue weighted by atomic mass is 16.5. The van der Waals surface area contributed by atoms with E-state index in [1.807, 2.05) is 20.8 Å². The molecule has 0 aliphatic carbocycles. The first kappa shape index (κ1) is 15.4. The second kappa shape index (κ2) is 11.9. The lowest BCUT2D eigenvalue weighted by atomic mass is 10.3. The summed E-state index contributed by atoms with van der Waals surface area (Å²) in [7, 11) is 0. The van der Waals surface area contributed by atoms with Crippen LogP contribution in [0.4, 0.5) is 0 Å². The third-order valence-corrected chi connectivity index (χ3v) is 1.75. The summed E-state index contributed by atoms with van der Waals surface area (Å²) in [5.74, 6) is 0. The Labute approximate surface area is 83.3 Å². The zero-order valence-electron chi connectivity index (χ0n) is 9.84. The van der Waals surface area contributed by atoms with Crippen molar-refractivity contribution in [1.29, 1.82) is 0 Å². The Balaban J connectivity index is 0. The molecule has 1 N–H and O–H groups in total. The summed E-state index contributed by atoms with van der Waals surface area (Å²) in [6.45, 7) is 10.8. The van der Waals surface area contributed by atoms with Crippen LogP contribution in [-0.2, 0) is 4.74 Å². The van der Waals surface area contributed by atoms with Gasteiger partial charge in [0.2, 0.25) is 0 Å². The van der Waals surface area contributed by atoms with Gasteiger partial charge in [-0.3, -0.25) is 0 Å². The summed E-state index contributed by atoms with van der Waals surface area (Å²) in [6.07, 6.45) is 3.82. The lowest BCUT2D eigenvalue weighted by molar-refractivity contribution is 0.125. The lowest BCUT2D eigenvalue weighted by Crippen LogP contribution is -1.94. The second-order valence-corrected chi connectivity index (χ2v) is 3.08. The first-order valence-corrected chi connectivity index (χ1v) is 5.46. The predicted molar refractivity (Wildman–Crippen MR) is 58.0 cm³/mol. The van der Waals surface area contributed by atoms with Gasteiger partial charge in [-0.25, -0.2) is 0 Å². The fourth-order valence-electron chi connectivity index (χ4n) is 0.739. The fraction of sp³-hybridized carbons (Fsp3) is 1.00. The van der Waals surface area contributed by atoms with E-state index in [2.05, 4.69) is 6.92 Å². The normalized spacial score (nSPS) is 22.2. The van der Waals surface area contributed by atoms with Gasteiger partial charge in [0.15, 0.2) is 0 Å². The molecule has 2 atom stereocenters. The number of rotatable bonds is 1. The maximum atomic E-state index is 8.36. The topological polar surface area (TPSA) is 29.5 Å². The first-order valence-electron chi connectivity index (χ1n) is 5.46. The van der Waals surface area contributed by atoms with Crippen LogP contribution in [0.15, 0.2) is 0 Å². The smallest absolute Gasteiger partial charge is 0.0547 e. The Morgan fingerprint density at radius 1 is 1.46 bits per heavy atom. The summed E-state index contributed by atoms with van der Waals surface area (Å²) in [4.78, 5) is 0. The number of hydrogen-bond acceptors (Lipinski definition) is 2. The summed E-state index contributed by atoms with van der Waals surface area (Å²) >= 11 is 0. The van der Waals surface area contributed by atoms with Crippen molar-refractivity contribution in [1.82, 2.24) is 0 Å². The van der Waals surface area contributed by atoms with Crippen LogP contribution in [0, 0.1) is 0 Å². The van der Waals surface area contributed by atoms with Gasteiger partial charge >= 0.3 is 0 Å². The van der Waals surface area contributed by atoms with E-state index in [0.29, 0.717) is 6.10 Å². The molecule has 0 radical (unpaired) electrons. The molecule has 2 nitrogen and oxygen atoms in total. The minimum atomic E-state index is -0.116. The molecule has 1 aliphatic rings. The average Bonchev–Trinajstić information content (AvgIpc) is 2.60. The largest absolute Gasteiger partial charge is 0.393 e. The van der Waals surface area contributed by atoms with Crippen molar-refractivity contribution >= 4 is 0 Å². The molecular weight excluding hydrogens is 164 g/mol. The minimum absolute atomic E-state index is 0.116. The van der Waals surface area contributed by atoms with E-state index in [9.17, 15) is 0 Å². The number of ether oxygens (including phenoxy) is 1. The van der Waals surface area contributed by atoms with Crippen molar-refractivity contribution in [2.45, 2.75) is 66.1 Å². The molecular formula is C11H26O2. The molecule has 13 heavy (non-hydrogen) atoms. The third kappa shape index (κ3) is 14.7. The van der Waals surface area contributed by atoms with E-state index in [0.717, 1.165) is 13.0 Å². The van der Waals surface area contributed by atoms with Crippen molar-refractivity contribution in [3.63, 3.8) is 0 Å². The maximum Gasteiger partial charge on any atom is 0.0547 e. The highest BCUT2D eigenvalue weighted by Gasteiger charge is 2.07. The van der Waals surface area contributed by atoms with Gasteiger partial charge in [0.1, 0.15) is 0 Å². The van der Waals surface area contributed by atoms with Crippen LogP contribution in [-0.4, -0.2) is 23.9 Å². The van der Waals surface area contributed by atoms with Crippen molar-refractivity contribution in [3.05, 3.63) is 0 Å². The molecule has 0 bridgehead atoms. The van der Waals surface area contributed by atoms with Gasteiger partial charge in [-0.15, -0.1) is 0 Å². The molecule has 0 aromatic carbocycles. The summed E-state index contributed by atoms with van der Waals surface area (Å²) in [5, 5.41) is 8.36. The fourth-order valence-corrected chi connectivity index (χ4v) is 0.739. The molecule has 0 aromatic heterocycles. The Hall–Kier alpha value is -0.0800. The minimum Gasteiger partial charge on any atom is -0.393 e. The molecule has 0 aromatic rings. The summed E-state index contributed by atoms with van der Waals surface area (Å²) in [6, 6.07) is 0. The molecule has 2 heteroatoms. The number of aliphatic hydroxyl groups is 1. The average molecular weight is 190 g/mol. The van der Waals surface area contributed by atoms with E-state index < -0.39 is 0 Å². The summed E-state index contributed by atoms with van der Waals surface area (Å²) < 4.78 is 5.15. The van der Waals surface area contributed by atoms with Gasteiger partial charge in [-0.2, -0.15) is 0 Å². The van der Waals surface area contributed by atoms with Crippen LogP contribution < -0.4 is 0 Å². The summed E-state index contributed by atoms with van der Waals surface area (Å²) in [5.41, 5.74) is 0. The van der Waals surface area contributed by atoms with Crippen LogP contribution in [0.2, 0.25) is 0 Å². The van der Waals surface area contributed by atoms with E-state index in [1.54, 1.807) is 6.92 Å². The Kier molecular flexibility index (Phi) is 14.1. The van der Waals surface area contributed by atoms with Crippen molar-refractivity contribution in [3.8, 4) is 0 Å². The zero-order chi connectivity index (χ0) is 10.7. The molecule has 0 amide bonds. The number of aliphatic hydroxyl groups excluding tert-OH is 1. The molecule has 82 valence electrons. The van der Waals surface area contributed by atoms with Crippen molar-refractivity contribution in [2.75, 3.05) is 6.61 Å². The van der Waals surface area contributed by atoms with Crippen LogP contribution >= 0.6 is 0 Å². The second-order valence-electron chi connectivity index (χ2n) is 3.08.